The van der Waals surface area contributed by atoms with Gasteiger partial charge in [0.1, 0.15) is 5.54 Å². The molecule has 0 bridgehead atoms. The molecule has 1 heterocycles. The van der Waals surface area contributed by atoms with Crippen molar-refractivity contribution >= 4 is 30.0 Å². The number of hydrogen-bond acceptors (Lipinski definition) is 3. The van der Waals surface area contributed by atoms with E-state index in [0.29, 0.717) is 5.69 Å². The predicted octanol–water partition coefficient (Wildman–Crippen LogP) is 1.88. The number of amides is 3. The predicted molar refractivity (Wildman–Crippen MR) is 94.0 cm³/mol. The fourth-order valence-corrected chi connectivity index (χ4v) is 2.36. The summed E-state index contributed by atoms with van der Waals surface area (Å²) in [5.41, 5.74) is -0.279. The van der Waals surface area contributed by atoms with Crippen LogP contribution in [0, 0.1) is 0 Å². The molecule has 7 heteroatoms. The lowest BCUT2D eigenvalue weighted by Crippen LogP contribution is -2.58. The second kappa shape index (κ2) is 8.74. The van der Waals surface area contributed by atoms with Gasteiger partial charge in [0.15, 0.2) is 0 Å². The summed E-state index contributed by atoms with van der Waals surface area (Å²) >= 11 is 0. The molecule has 1 aromatic carbocycles. The van der Waals surface area contributed by atoms with Gasteiger partial charge in [-0.05, 0) is 51.9 Å². The highest BCUT2D eigenvalue weighted by molar-refractivity contribution is 5.95. The molecule has 3 amide bonds. The lowest BCUT2D eigenvalue weighted by molar-refractivity contribution is -0.126. The summed E-state index contributed by atoms with van der Waals surface area (Å²) in [5.74, 6) is -0.164. The molecular formula is C16H25ClN4O2. The van der Waals surface area contributed by atoms with Crippen molar-refractivity contribution in [2.45, 2.75) is 38.3 Å². The summed E-state index contributed by atoms with van der Waals surface area (Å²) < 4.78 is 0. The van der Waals surface area contributed by atoms with Crippen LogP contribution in [0.25, 0.3) is 0 Å². The van der Waals surface area contributed by atoms with Crippen LogP contribution in [0.15, 0.2) is 30.3 Å². The zero-order chi connectivity index (χ0) is 16.0. The van der Waals surface area contributed by atoms with E-state index in [4.69, 9.17) is 0 Å². The van der Waals surface area contributed by atoms with Crippen molar-refractivity contribution in [3.8, 4) is 0 Å². The quantitative estimate of drug-likeness (QED) is 0.675. The van der Waals surface area contributed by atoms with Crippen molar-refractivity contribution < 1.29 is 9.59 Å². The van der Waals surface area contributed by atoms with Crippen LogP contribution in [0.4, 0.5) is 10.5 Å². The number of rotatable bonds is 4. The van der Waals surface area contributed by atoms with Gasteiger partial charge in [-0.1, -0.05) is 18.2 Å². The Hall–Kier alpha value is -1.79. The summed E-state index contributed by atoms with van der Waals surface area (Å²) in [6.45, 7) is 5.22. The van der Waals surface area contributed by atoms with E-state index < -0.39 is 11.6 Å². The highest BCUT2D eigenvalue weighted by atomic mass is 35.5. The topological polar surface area (TPSA) is 82.3 Å². The Morgan fingerprint density at radius 1 is 1.13 bits per heavy atom. The molecule has 0 aliphatic carbocycles. The van der Waals surface area contributed by atoms with E-state index in [9.17, 15) is 9.59 Å². The van der Waals surface area contributed by atoms with E-state index in [1.807, 2.05) is 18.2 Å². The van der Waals surface area contributed by atoms with E-state index in [1.165, 1.54) is 0 Å². The van der Waals surface area contributed by atoms with Gasteiger partial charge < -0.3 is 21.3 Å². The lowest BCUT2D eigenvalue weighted by Gasteiger charge is -2.30. The first-order valence-corrected chi connectivity index (χ1v) is 7.63. The molecule has 0 atom stereocenters. The van der Waals surface area contributed by atoms with Crippen LogP contribution >= 0.6 is 12.4 Å². The van der Waals surface area contributed by atoms with Gasteiger partial charge in [-0.15, -0.1) is 12.4 Å². The summed E-state index contributed by atoms with van der Waals surface area (Å²) in [6, 6.07) is 8.92. The minimum Gasteiger partial charge on any atom is -0.351 e. The Labute approximate surface area is 143 Å². The maximum Gasteiger partial charge on any atom is 0.320 e. The van der Waals surface area contributed by atoms with E-state index in [-0.39, 0.29) is 24.4 Å². The van der Waals surface area contributed by atoms with E-state index in [0.717, 1.165) is 25.9 Å². The number of halogens is 1. The normalized spacial score (nSPS) is 15.2. The van der Waals surface area contributed by atoms with Gasteiger partial charge in [-0.2, -0.15) is 0 Å². The van der Waals surface area contributed by atoms with Crippen LogP contribution in [0.1, 0.15) is 26.7 Å². The molecular weight excluding hydrogens is 316 g/mol. The second-order valence-corrected chi connectivity index (χ2v) is 6.07. The lowest BCUT2D eigenvalue weighted by atomic mass is 10.0. The number of piperidine rings is 1. The Morgan fingerprint density at radius 3 is 2.35 bits per heavy atom. The molecule has 1 fully saturated rings. The number of urea groups is 1. The van der Waals surface area contributed by atoms with Gasteiger partial charge in [0.25, 0.3) is 0 Å². The van der Waals surface area contributed by atoms with E-state index in [1.54, 1.807) is 26.0 Å². The van der Waals surface area contributed by atoms with Crippen LogP contribution < -0.4 is 21.3 Å². The number of hydrogen-bond donors (Lipinski definition) is 4. The number of para-hydroxylation sites is 1. The third-order valence-electron chi connectivity index (χ3n) is 3.70. The molecule has 6 nitrogen and oxygen atoms in total. The highest BCUT2D eigenvalue weighted by Crippen LogP contribution is 2.09. The van der Waals surface area contributed by atoms with Crippen LogP contribution in [-0.4, -0.2) is 36.6 Å². The van der Waals surface area contributed by atoms with Gasteiger partial charge in [0.05, 0.1) is 0 Å². The molecule has 0 radical (unpaired) electrons. The Kier molecular flexibility index (Phi) is 7.32. The average Bonchev–Trinajstić information content (AvgIpc) is 2.48. The third kappa shape index (κ3) is 6.08. The monoisotopic (exact) mass is 340 g/mol. The molecule has 128 valence electrons. The van der Waals surface area contributed by atoms with Crippen molar-refractivity contribution in [2.24, 2.45) is 0 Å². The van der Waals surface area contributed by atoms with Crippen molar-refractivity contribution in [1.29, 1.82) is 0 Å². The minimum atomic E-state index is -0.969. The van der Waals surface area contributed by atoms with Crippen LogP contribution in [-0.2, 0) is 4.79 Å². The highest BCUT2D eigenvalue weighted by Gasteiger charge is 2.31. The first-order chi connectivity index (χ1) is 10.5. The Bertz CT molecular complexity index is 516. The average molecular weight is 341 g/mol. The number of nitrogens with one attached hydrogen (secondary N) is 4. The smallest absolute Gasteiger partial charge is 0.320 e. The van der Waals surface area contributed by atoms with Gasteiger partial charge in [-0.3, -0.25) is 4.79 Å². The maximum absolute atomic E-state index is 12.3. The zero-order valence-corrected chi connectivity index (χ0v) is 14.3. The van der Waals surface area contributed by atoms with Gasteiger partial charge in [-0.25, -0.2) is 4.79 Å². The van der Waals surface area contributed by atoms with E-state index in [2.05, 4.69) is 21.3 Å². The molecule has 0 saturated carbocycles. The molecule has 2 rings (SSSR count). The van der Waals surface area contributed by atoms with Crippen molar-refractivity contribution in [3.63, 3.8) is 0 Å². The summed E-state index contributed by atoms with van der Waals surface area (Å²) in [5, 5.41) is 11.7. The fraction of sp³-hybridized carbons (Fsp3) is 0.500. The molecule has 23 heavy (non-hydrogen) atoms. The van der Waals surface area contributed by atoms with Crippen LogP contribution in [0.2, 0.25) is 0 Å². The zero-order valence-electron chi connectivity index (χ0n) is 13.5. The largest absolute Gasteiger partial charge is 0.351 e. The Morgan fingerprint density at radius 2 is 1.74 bits per heavy atom. The molecule has 0 aromatic heterocycles. The number of anilines is 1. The van der Waals surface area contributed by atoms with Crippen molar-refractivity contribution in [3.05, 3.63) is 30.3 Å². The molecule has 1 aliphatic heterocycles. The number of carbonyl (C=O) groups excluding carboxylic acids is 2. The summed E-state index contributed by atoms with van der Waals surface area (Å²) in [6.07, 6.45) is 1.83. The molecule has 1 saturated heterocycles. The standard InChI is InChI=1S/C16H24N4O2.ClH/c1-16(2,14(21)18-13-8-10-17-11-9-13)20-15(22)19-12-6-4-3-5-7-12;/h3-7,13,17H,8-11H2,1-2H3,(H,18,21)(H2,19,20,22);1H. The molecule has 0 unspecified atom stereocenters. The molecule has 1 aliphatic rings. The Balaban J connectivity index is 0.00000264. The summed E-state index contributed by atoms with van der Waals surface area (Å²) in [7, 11) is 0. The third-order valence-corrected chi connectivity index (χ3v) is 3.70. The van der Waals surface area contributed by atoms with Crippen LogP contribution in [0.5, 0.6) is 0 Å². The number of benzene rings is 1. The van der Waals surface area contributed by atoms with Gasteiger partial charge in [0, 0.05) is 11.7 Å². The minimum absolute atomic E-state index is 0. The van der Waals surface area contributed by atoms with E-state index >= 15 is 0 Å². The first-order valence-electron chi connectivity index (χ1n) is 7.63. The molecule has 1 aromatic rings. The first kappa shape index (κ1) is 19.3. The molecule has 0 spiro atoms. The SMILES string of the molecule is CC(C)(NC(=O)Nc1ccccc1)C(=O)NC1CCNCC1.Cl. The number of carbonyl (C=O) groups is 2. The van der Waals surface area contributed by atoms with Crippen molar-refractivity contribution in [1.82, 2.24) is 16.0 Å². The van der Waals surface area contributed by atoms with Crippen molar-refractivity contribution in [2.75, 3.05) is 18.4 Å². The maximum atomic E-state index is 12.3. The summed E-state index contributed by atoms with van der Waals surface area (Å²) in [4.78, 5) is 24.4. The van der Waals surface area contributed by atoms with Gasteiger partial charge in [0.2, 0.25) is 5.91 Å². The second-order valence-electron chi connectivity index (χ2n) is 6.07. The van der Waals surface area contributed by atoms with Gasteiger partial charge >= 0.3 is 6.03 Å². The molecule has 4 N–H and O–H groups in total. The van der Waals surface area contributed by atoms with Crippen LogP contribution in [0.3, 0.4) is 0 Å². The fourth-order valence-electron chi connectivity index (χ4n) is 2.36.